The van der Waals surface area contributed by atoms with Gasteiger partial charge < -0.3 is 4.57 Å². The second kappa shape index (κ2) is 7.93. The number of fused-ring (bicyclic) bond motifs is 1. The largest absolute Gasteiger partial charge is 0.317 e. The Bertz CT molecular complexity index is 1330. The fourth-order valence-electron chi connectivity index (χ4n) is 3.52. The van der Waals surface area contributed by atoms with Crippen molar-refractivity contribution in [2.75, 3.05) is 5.32 Å². The Morgan fingerprint density at radius 1 is 1.13 bits per heavy atom. The molecule has 0 aliphatic carbocycles. The third-order valence-electron chi connectivity index (χ3n) is 4.89. The summed E-state index contributed by atoms with van der Waals surface area (Å²) in [5, 5.41) is 23.4. The monoisotopic (exact) mass is 413 g/mol. The van der Waals surface area contributed by atoms with Crippen LogP contribution >= 0.6 is 11.3 Å². The van der Waals surface area contributed by atoms with Crippen LogP contribution in [0.25, 0.3) is 22.5 Å². The number of rotatable bonds is 4. The fourth-order valence-corrected chi connectivity index (χ4v) is 4.11. The summed E-state index contributed by atoms with van der Waals surface area (Å²) in [7, 11) is 0. The molecule has 0 atom stereocenters. The normalized spacial score (nSPS) is 11.5. The topological polar surface area (TPSA) is 83.6 Å². The van der Waals surface area contributed by atoms with Gasteiger partial charge in [0.15, 0.2) is 0 Å². The highest BCUT2D eigenvalue weighted by Crippen LogP contribution is 2.28. The minimum atomic E-state index is -0.497. The summed E-state index contributed by atoms with van der Waals surface area (Å²) in [6.07, 6.45) is 1.62. The summed E-state index contributed by atoms with van der Waals surface area (Å²) in [4.78, 5) is 12.5. The lowest BCUT2D eigenvalue weighted by Crippen LogP contribution is -2.13. The van der Waals surface area contributed by atoms with Crippen molar-refractivity contribution in [2.45, 2.75) is 20.8 Å². The Kier molecular flexibility index (Phi) is 5.17. The number of carbonyl (C=O) groups excluding carboxylic acids is 1. The van der Waals surface area contributed by atoms with Gasteiger partial charge in [-0.05, 0) is 49.9 Å². The molecule has 0 bridgehead atoms. The van der Waals surface area contributed by atoms with E-state index in [1.807, 2.05) is 44.2 Å². The van der Waals surface area contributed by atoms with Gasteiger partial charge >= 0.3 is 0 Å². The second-order valence-electron chi connectivity index (χ2n) is 6.91. The van der Waals surface area contributed by atoms with Crippen molar-refractivity contribution in [3.8, 4) is 11.8 Å². The fraction of sp³-hybridized carbons (Fsp3) is 0.130. The molecule has 0 saturated heterocycles. The van der Waals surface area contributed by atoms with E-state index >= 15 is 0 Å². The number of amides is 1. The van der Waals surface area contributed by atoms with Crippen molar-refractivity contribution in [1.82, 2.24) is 14.8 Å². The highest BCUT2D eigenvalue weighted by molar-refractivity contribution is 7.15. The zero-order valence-corrected chi connectivity index (χ0v) is 17.6. The zero-order chi connectivity index (χ0) is 21.3. The van der Waals surface area contributed by atoms with Gasteiger partial charge in [0.1, 0.15) is 16.6 Å². The Morgan fingerprint density at radius 3 is 2.63 bits per heavy atom. The molecule has 2 aromatic carbocycles. The van der Waals surface area contributed by atoms with E-state index in [9.17, 15) is 10.1 Å². The summed E-state index contributed by atoms with van der Waals surface area (Å²) in [6.45, 7) is 5.81. The van der Waals surface area contributed by atoms with Crippen LogP contribution in [0.2, 0.25) is 0 Å². The molecule has 0 aliphatic heterocycles. The maximum Gasteiger partial charge on any atom is 0.268 e. The molecule has 2 heterocycles. The lowest BCUT2D eigenvalue weighted by molar-refractivity contribution is -0.112. The summed E-state index contributed by atoms with van der Waals surface area (Å²) in [5.74, 6) is -0.497. The number of aryl methyl sites for hydroxylation is 2. The number of hydrogen-bond donors (Lipinski definition) is 1. The Hall–Kier alpha value is -3.76. The van der Waals surface area contributed by atoms with E-state index < -0.39 is 5.91 Å². The molecule has 0 aliphatic rings. The van der Waals surface area contributed by atoms with E-state index in [-0.39, 0.29) is 5.57 Å². The molecule has 0 unspecified atom stereocenters. The summed E-state index contributed by atoms with van der Waals surface area (Å²) in [5.41, 5.74) is 3.88. The number of benzene rings is 2. The second-order valence-corrected chi connectivity index (χ2v) is 8.09. The maximum absolute atomic E-state index is 12.5. The molecule has 0 spiro atoms. The number of anilines is 1. The molecule has 1 amide bonds. The van der Waals surface area contributed by atoms with E-state index in [2.05, 4.69) is 44.3 Å². The molecular formula is C23H19N5OS. The van der Waals surface area contributed by atoms with E-state index in [1.54, 1.807) is 13.0 Å². The first-order chi connectivity index (χ1) is 14.5. The van der Waals surface area contributed by atoms with Gasteiger partial charge in [-0.2, -0.15) is 5.26 Å². The molecule has 0 fully saturated rings. The zero-order valence-electron chi connectivity index (χ0n) is 16.8. The van der Waals surface area contributed by atoms with Crippen molar-refractivity contribution in [1.29, 1.82) is 5.26 Å². The van der Waals surface area contributed by atoms with E-state index in [4.69, 9.17) is 0 Å². The number of nitrogens with zero attached hydrogens (tertiary/aromatic N) is 4. The van der Waals surface area contributed by atoms with Gasteiger partial charge in [-0.1, -0.05) is 47.7 Å². The molecular weight excluding hydrogens is 394 g/mol. The Labute approximate surface area is 178 Å². The van der Waals surface area contributed by atoms with Crippen LogP contribution in [0.4, 0.5) is 5.13 Å². The van der Waals surface area contributed by atoms with Crippen molar-refractivity contribution in [3.63, 3.8) is 0 Å². The molecule has 4 rings (SSSR count). The van der Waals surface area contributed by atoms with Crippen LogP contribution < -0.4 is 5.32 Å². The van der Waals surface area contributed by atoms with Crippen molar-refractivity contribution >= 4 is 39.2 Å². The predicted molar refractivity (Wildman–Crippen MR) is 120 cm³/mol. The van der Waals surface area contributed by atoms with Crippen LogP contribution in [0.15, 0.2) is 54.1 Å². The first-order valence-electron chi connectivity index (χ1n) is 9.38. The van der Waals surface area contributed by atoms with Crippen molar-refractivity contribution in [2.24, 2.45) is 0 Å². The maximum atomic E-state index is 12.5. The van der Waals surface area contributed by atoms with Gasteiger partial charge in [-0.25, -0.2) is 0 Å². The van der Waals surface area contributed by atoms with Crippen LogP contribution in [0.3, 0.4) is 0 Å². The standard InChI is InChI=1S/C23H19N5OS/c1-14-11-18(12-19(13-24)22(29)25-23-27-26-16(3)30-23)15(2)28(14)21-10-6-8-17-7-4-5-9-20(17)21/h4-12H,1-3H3,(H,25,27,29)/b19-12-. The quantitative estimate of drug-likeness (QED) is 0.379. The number of nitrogens with one attached hydrogen (secondary N) is 1. The molecule has 2 aromatic heterocycles. The van der Waals surface area contributed by atoms with E-state index in [0.29, 0.717) is 5.13 Å². The van der Waals surface area contributed by atoms with Gasteiger partial charge in [0.2, 0.25) is 5.13 Å². The molecule has 6 nitrogen and oxygen atoms in total. The van der Waals surface area contributed by atoms with Gasteiger partial charge in [0, 0.05) is 16.8 Å². The van der Waals surface area contributed by atoms with Crippen molar-refractivity contribution < 1.29 is 4.79 Å². The lowest BCUT2D eigenvalue weighted by Gasteiger charge is -2.13. The van der Waals surface area contributed by atoms with Crippen LogP contribution in [0.1, 0.15) is 22.0 Å². The number of hydrogen-bond acceptors (Lipinski definition) is 5. The smallest absolute Gasteiger partial charge is 0.268 e. The van der Waals surface area contributed by atoms with E-state index in [0.717, 1.165) is 38.4 Å². The van der Waals surface area contributed by atoms with Gasteiger partial charge in [-0.15, -0.1) is 10.2 Å². The van der Waals surface area contributed by atoms with Crippen LogP contribution in [-0.2, 0) is 4.79 Å². The average molecular weight is 414 g/mol. The van der Waals surface area contributed by atoms with Crippen molar-refractivity contribution in [3.05, 3.63) is 76.1 Å². The summed E-state index contributed by atoms with van der Waals surface area (Å²) < 4.78 is 2.15. The van der Waals surface area contributed by atoms with Gasteiger partial charge in [0.05, 0.1) is 5.69 Å². The first kappa shape index (κ1) is 19.6. The Balaban J connectivity index is 1.74. The number of aromatic nitrogens is 3. The van der Waals surface area contributed by atoms with Gasteiger partial charge in [0.25, 0.3) is 5.91 Å². The molecule has 4 aromatic rings. The predicted octanol–water partition coefficient (Wildman–Crippen LogP) is 4.95. The minimum Gasteiger partial charge on any atom is -0.317 e. The molecule has 7 heteroatoms. The molecule has 148 valence electrons. The number of nitriles is 1. The highest BCUT2D eigenvalue weighted by Gasteiger charge is 2.16. The molecule has 30 heavy (non-hydrogen) atoms. The highest BCUT2D eigenvalue weighted by atomic mass is 32.1. The van der Waals surface area contributed by atoms with Crippen LogP contribution in [0, 0.1) is 32.1 Å². The number of carbonyl (C=O) groups is 1. The molecule has 0 saturated carbocycles. The third kappa shape index (κ3) is 3.61. The summed E-state index contributed by atoms with van der Waals surface area (Å²) in [6, 6.07) is 18.4. The third-order valence-corrected chi connectivity index (χ3v) is 5.64. The lowest BCUT2D eigenvalue weighted by atomic mass is 10.1. The minimum absolute atomic E-state index is 0.0148. The first-order valence-corrected chi connectivity index (χ1v) is 10.2. The van der Waals surface area contributed by atoms with Crippen LogP contribution in [-0.4, -0.2) is 20.7 Å². The Morgan fingerprint density at radius 2 is 1.90 bits per heavy atom. The van der Waals surface area contributed by atoms with Gasteiger partial charge in [-0.3, -0.25) is 10.1 Å². The molecule has 0 radical (unpaired) electrons. The van der Waals surface area contributed by atoms with Crippen LogP contribution in [0.5, 0.6) is 0 Å². The average Bonchev–Trinajstić information content (AvgIpc) is 3.27. The van der Waals surface area contributed by atoms with E-state index in [1.165, 1.54) is 11.3 Å². The summed E-state index contributed by atoms with van der Waals surface area (Å²) >= 11 is 1.26. The molecule has 1 N–H and O–H groups in total. The SMILES string of the molecule is Cc1nnc(NC(=O)/C(C#N)=C\c2cc(C)n(-c3cccc4ccccc34)c2C)s1.